The maximum Gasteiger partial charge on any atom is 0.341 e. The second kappa shape index (κ2) is 12.3. The fraction of sp³-hybridized carbons (Fsp3) is 0.231. The van der Waals surface area contributed by atoms with E-state index in [0.717, 1.165) is 16.7 Å². The van der Waals surface area contributed by atoms with Crippen LogP contribution in [-0.2, 0) is 22.7 Å². The second-order valence-corrected chi connectivity index (χ2v) is 10.2. The number of rotatable bonds is 10. The number of aryl methyl sites for hydroxylation is 1. The van der Waals surface area contributed by atoms with Crippen molar-refractivity contribution in [1.82, 2.24) is 14.8 Å². The molecule has 0 fully saturated rings. The van der Waals surface area contributed by atoms with Crippen molar-refractivity contribution in [3.8, 4) is 16.9 Å². The van der Waals surface area contributed by atoms with Gasteiger partial charge in [-0.05, 0) is 43.7 Å². The van der Waals surface area contributed by atoms with Crippen molar-refractivity contribution >= 4 is 51.6 Å². The van der Waals surface area contributed by atoms with E-state index in [-0.39, 0.29) is 18.3 Å². The third-order valence-corrected chi connectivity index (χ3v) is 7.53. The monoisotopic (exact) mass is 556 g/mol. The molecule has 0 bridgehead atoms. The third kappa shape index (κ3) is 6.51. The topological polar surface area (TPSA) is 95.3 Å². The molecule has 1 amide bonds. The zero-order valence-corrected chi connectivity index (χ0v) is 22.9. The average molecular weight is 557 g/mol. The Morgan fingerprint density at radius 1 is 1.11 bits per heavy atom. The van der Waals surface area contributed by atoms with E-state index in [9.17, 15) is 9.59 Å². The minimum Gasteiger partial charge on any atom is -0.486 e. The summed E-state index contributed by atoms with van der Waals surface area (Å²) < 4.78 is 12.7. The first kappa shape index (κ1) is 26.7. The molecule has 11 heteroatoms. The number of amides is 1. The van der Waals surface area contributed by atoms with Crippen molar-refractivity contribution in [2.75, 3.05) is 18.2 Å². The Balaban J connectivity index is 1.42. The van der Waals surface area contributed by atoms with Gasteiger partial charge in [-0.2, -0.15) is 0 Å². The number of benzene rings is 2. The molecule has 2 aromatic heterocycles. The Hall–Kier alpha value is -3.34. The highest BCUT2D eigenvalue weighted by Gasteiger charge is 2.23. The van der Waals surface area contributed by atoms with Crippen LogP contribution in [0.5, 0.6) is 5.75 Å². The van der Waals surface area contributed by atoms with Gasteiger partial charge in [0, 0.05) is 22.5 Å². The number of nitrogens with zero attached hydrogens (tertiary/aromatic N) is 3. The van der Waals surface area contributed by atoms with Crippen molar-refractivity contribution in [3.05, 3.63) is 75.9 Å². The molecule has 0 unspecified atom stereocenters. The van der Waals surface area contributed by atoms with Crippen LogP contribution in [-0.4, -0.2) is 39.5 Å². The van der Waals surface area contributed by atoms with Crippen molar-refractivity contribution < 1.29 is 19.1 Å². The van der Waals surface area contributed by atoms with Crippen LogP contribution in [0.2, 0.25) is 5.02 Å². The smallest absolute Gasteiger partial charge is 0.341 e. The highest BCUT2D eigenvalue weighted by atomic mass is 35.5. The van der Waals surface area contributed by atoms with Crippen molar-refractivity contribution in [2.45, 2.75) is 32.2 Å². The average Bonchev–Trinajstić information content (AvgIpc) is 3.50. The standard InChI is InChI=1S/C26H25ClN4O4S2/c1-4-31-21(13-35-19-11-9-18(27)10-12-19)29-30-26(31)37-15-22(32)28-24-23(25(33)34-3)20(14-36-24)17-7-5-16(2)6-8-17/h5-12,14H,4,13,15H2,1-3H3,(H,28,32). The van der Waals surface area contributed by atoms with Crippen LogP contribution in [0.15, 0.2) is 59.1 Å². The van der Waals surface area contributed by atoms with Crippen LogP contribution < -0.4 is 10.1 Å². The molecule has 0 spiro atoms. The van der Waals surface area contributed by atoms with E-state index in [1.807, 2.05) is 48.1 Å². The first-order chi connectivity index (χ1) is 17.9. The molecular formula is C26H25ClN4O4S2. The zero-order valence-electron chi connectivity index (χ0n) is 20.5. The van der Waals surface area contributed by atoms with Gasteiger partial charge in [0.15, 0.2) is 11.0 Å². The van der Waals surface area contributed by atoms with Gasteiger partial charge < -0.3 is 19.4 Å². The molecule has 0 aliphatic rings. The van der Waals surface area contributed by atoms with Crippen LogP contribution in [0.3, 0.4) is 0 Å². The largest absolute Gasteiger partial charge is 0.486 e. The summed E-state index contributed by atoms with van der Waals surface area (Å²) in [6.07, 6.45) is 0. The first-order valence-electron chi connectivity index (χ1n) is 11.4. The second-order valence-electron chi connectivity index (χ2n) is 7.93. The maximum absolute atomic E-state index is 12.8. The number of anilines is 1. The minimum absolute atomic E-state index is 0.0918. The van der Waals surface area contributed by atoms with Crippen LogP contribution >= 0.6 is 34.7 Å². The van der Waals surface area contributed by atoms with Gasteiger partial charge in [0.25, 0.3) is 0 Å². The molecule has 0 aliphatic heterocycles. The van der Waals surface area contributed by atoms with Gasteiger partial charge in [-0.25, -0.2) is 4.79 Å². The Kier molecular flexibility index (Phi) is 8.86. The third-order valence-electron chi connectivity index (χ3n) is 5.42. The zero-order chi connectivity index (χ0) is 26.4. The molecule has 37 heavy (non-hydrogen) atoms. The van der Waals surface area contributed by atoms with E-state index in [2.05, 4.69) is 15.5 Å². The number of nitrogens with one attached hydrogen (secondary N) is 1. The molecule has 2 aromatic carbocycles. The molecule has 0 atom stereocenters. The van der Waals surface area contributed by atoms with Crippen LogP contribution in [0, 0.1) is 6.92 Å². The summed E-state index contributed by atoms with van der Waals surface area (Å²) in [7, 11) is 1.33. The Morgan fingerprint density at radius 3 is 2.51 bits per heavy atom. The molecule has 0 radical (unpaired) electrons. The molecule has 4 aromatic rings. The number of hydrogen-bond acceptors (Lipinski definition) is 8. The number of carbonyl (C=O) groups excluding carboxylic acids is 2. The Morgan fingerprint density at radius 2 is 1.84 bits per heavy atom. The summed E-state index contributed by atoms with van der Waals surface area (Å²) in [5, 5.41) is 14.8. The summed E-state index contributed by atoms with van der Waals surface area (Å²) >= 11 is 8.46. The molecule has 0 saturated carbocycles. The number of thiophene rings is 1. The number of thioether (sulfide) groups is 1. The van der Waals surface area contributed by atoms with Crippen LogP contribution in [0.25, 0.3) is 11.1 Å². The van der Waals surface area contributed by atoms with Gasteiger partial charge >= 0.3 is 5.97 Å². The quantitative estimate of drug-likeness (QED) is 0.187. The Bertz CT molecular complexity index is 1380. The fourth-order valence-corrected chi connectivity index (χ4v) is 5.44. The number of hydrogen-bond donors (Lipinski definition) is 1. The molecule has 4 rings (SSSR count). The molecular weight excluding hydrogens is 532 g/mol. The highest BCUT2D eigenvalue weighted by Crippen LogP contribution is 2.36. The van der Waals surface area contributed by atoms with E-state index < -0.39 is 5.97 Å². The van der Waals surface area contributed by atoms with E-state index in [1.165, 1.54) is 30.2 Å². The lowest BCUT2D eigenvalue weighted by molar-refractivity contribution is -0.113. The highest BCUT2D eigenvalue weighted by molar-refractivity contribution is 7.99. The lowest BCUT2D eigenvalue weighted by Crippen LogP contribution is -2.16. The summed E-state index contributed by atoms with van der Waals surface area (Å²) in [6.45, 7) is 4.82. The number of methoxy groups -OCH3 is 1. The van der Waals surface area contributed by atoms with E-state index >= 15 is 0 Å². The van der Waals surface area contributed by atoms with Crippen LogP contribution in [0.1, 0.15) is 28.7 Å². The van der Waals surface area contributed by atoms with Crippen molar-refractivity contribution in [1.29, 1.82) is 0 Å². The number of aromatic nitrogens is 3. The molecule has 2 heterocycles. The summed E-state index contributed by atoms with van der Waals surface area (Å²) in [4.78, 5) is 25.4. The number of esters is 1. The van der Waals surface area contributed by atoms with Gasteiger partial charge in [0.2, 0.25) is 5.91 Å². The number of halogens is 1. The molecule has 192 valence electrons. The van der Waals surface area contributed by atoms with Crippen molar-refractivity contribution in [3.63, 3.8) is 0 Å². The summed E-state index contributed by atoms with van der Waals surface area (Å²) in [5.74, 6) is 0.641. The lowest BCUT2D eigenvalue weighted by atomic mass is 10.0. The van der Waals surface area contributed by atoms with Crippen LogP contribution in [0.4, 0.5) is 5.00 Å². The van der Waals surface area contributed by atoms with E-state index in [4.69, 9.17) is 21.1 Å². The van der Waals surface area contributed by atoms with E-state index in [1.54, 1.807) is 24.3 Å². The molecule has 0 aliphatic carbocycles. The maximum atomic E-state index is 12.8. The normalized spacial score (nSPS) is 10.8. The molecule has 8 nitrogen and oxygen atoms in total. The van der Waals surface area contributed by atoms with Gasteiger partial charge in [0.1, 0.15) is 22.9 Å². The number of carbonyl (C=O) groups is 2. The van der Waals surface area contributed by atoms with Gasteiger partial charge in [-0.3, -0.25) is 4.79 Å². The number of ether oxygens (including phenoxy) is 2. The summed E-state index contributed by atoms with van der Waals surface area (Å²) in [5.41, 5.74) is 3.05. The first-order valence-corrected chi connectivity index (χ1v) is 13.6. The lowest BCUT2D eigenvalue weighted by Gasteiger charge is -2.10. The molecule has 0 saturated heterocycles. The van der Waals surface area contributed by atoms with Crippen molar-refractivity contribution in [2.24, 2.45) is 0 Å². The predicted octanol–water partition coefficient (Wildman–Crippen LogP) is 6.08. The SMILES string of the molecule is CCn1c(COc2ccc(Cl)cc2)nnc1SCC(=O)Nc1scc(-c2ccc(C)cc2)c1C(=O)OC. The van der Waals surface area contributed by atoms with E-state index in [0.29, 0.717) is 38.9 Å². The Labute approximate surface area is 228 Å². The van der Waals surface area contributed by atoms with Gasteiger partial charge in [-0.1, -0.05) is 53.2 Å². The van der Waals surface area contributed by atoms with Gasteiger partial charge in [0.05, 0.1) is 12.9 Å². The molecule has 1 N–H and O–H groups in total. The summed E-state index contributed by atoms with van der Waals surface area (Å²) in [6, 6.07) is 14.9. The predicted molar refractivity (Wildman–Crippen MR) is 147 cm³/mol. The van der Waals surface area contributed by atoms with Gasteiger partial charge in [-0.15, -0.1) is 21.5 Å². The minimum atomic E-state index is -0.504. The fourth-order valence-electron chi connectivity index (χ4n) is 3.52.